The Morgan fingerprint density at radius 1 is 1.18 bits per heavy atom. The Morgan fingerprint density at radius 2 is 1.82 bits per heavy atom. The van der Waals surface area contributed by atoms with Crippen molar-refractivity contribution in [1.82, 2.24) is 0 Å². The van der Waals surface area contributed by atoms with E-state index in [0.717, 1.165) is 11.6 Å². The van der Waals surface area contributed by atoms with Crippen molar-refractivity contribution in [2.45, 2.75) is 18.6 Å². The molecule has 0 unspecified atom stereocenters. The summed E-state index contributed by atoms with van der Waals surface area (Å²) in [6.07, 6.45) is -0.293. The molecule has 1 aliphatic heterocycles. The molecule has 5 heteroatoms. The highest BCUT2D eigenvalue weighted by atomic mass is 19.2. The largest absolute Gasteiger partial charge is 0.367 e. The Kier molecular flexibility index (Phi) is 3.22. The Labute approximate surface area is 96.9 Å². The van der Waals surface area contributed by atoms with Crippen molar-refractivity contribution in [2.24, 2.45) is 5.73 Å². The molecular formula is C12H12F3NO. The fourth-order valence-corrected chi connectivity index (χ4v) is 1.91. The normalized spacial score (nSPS) is 25.1. The van der Waals surface area contributed by atoms with E-state index in [1.807, 2.05) is 0 Å². The molecule has 1 fully saturated rings. The van der Waals surface area contributed by atoms with Gasteiger partial charge in [0, 0.05) is 17.7 Å². The number of halogens is 3. The first kappa shape index (κ1) is 12.1. The van der Waals surface area contributed by atoms with Gasteiger partial charge in [-0.2, -0.15) is 0 Å². The topological polar surface area (TPSA) is 35.2 Å². The van der Waals surface area contributed by atoms with Gasteiger partial charge >= 0.3 is 0 Å². The van der Waals surface area contributed by atoms with Crippen LogP contribution in [0.5, 0.6) is 0 Å². The van der Waals surface area contributed by atoms with Gasteiger partial charge in [-0.25, -0.2) is 13.2 Å². The molecule has 1 aromatic carbocycles. The van der Waals surface area contributed by atoms with E-state index in [1.165, 1.54) is 0 Å². The van der Waals surface area contributed by atoms with Crippen molar-refractivity contribution in [2.75, 3.05) is 6.61 Å². The molecule has 1 saturated heterocycles. The van der Waals surface area contributed by atoms with Crippen LogP contribution in [-0.4, -0.2) is 12.6 Å². The van der Waals surface area contributed by atoms with Gasteiger partial charge in [0.25, 0.3) is 0 Å². The van der Waals surface area contributed by atoms with Gasteiger partial charge in [0.2, 0.25) is 0 Å². The lowest BCUT2D eigenvalue weighted by molar-refractivity contribution is 0.0243. The van der Waals surface area contributed by atoms with Crippen LogP contribution in [0.2, 0.25) is 0 Å². The number of ether oxygens (including phenoxy) is 1. The third kappa shape index (κ3) is 2.35. The second kappa shape index (κ2) is 4.50. The second-order valence-electron chi connectivity index (χ2n) is 4.14. The molecule has 2 nitrogen and oxygen atoms in total. The molecule has 1 aliphatic rings. The Morgan fingerprint density at radius 3 is 2.47 bits per heavy atom. The third-order valence-electron chi connectivity index (χ3n) is 2.73. The zero-order chi connectivity index (χ0) is 12.6. The highest BCUT2D eigenvalue weighted by Gasteiger charge is 2.29. The van der Waals surface area contributed by atoms with E-state index < -0.39 is 29.6 Å². The summed E-state index contributed by atoms with van der Waals surface area (Å²) in [5, 5.41) is 0. The molecule has 0 aromatic heterocycles. The molecule has 0 saturated carbocycles. The van der Waals surface area contributed by atoms with Crippen LogP contribution in [0.15, 0.2) is 24.3 Å². The van der Waals surface area contributed by atoms with Gasteiger partial charge in [-0.3, -0.25) is 0 Å². The molecule has 17 heavy (non-hydrogen) atoms. The number of rotatable bonds is 1. The number of benzene rings is 1. The second-order valence-corrected chi connectivity index (χ2v) is 4.14. The summed E-state index contributed by atoms with van der Waals surface area (Å²) in [4.78, 5) is 0. The molecule has 1 heterocycles. The highest BCUT2D eigenvalue weighted by Crippen LogP contribution is 2.31. The molecule has 1 aromatic rings. The van der Waals surface area contributed by atoms with Crippen LogP contribution < -0.4 is 5.73 Å². The summed E-state index contributed by atoms with van der Waals surface area (Å²) in [6.45, 7) is 3.96. The van der Waals surface area contributed by atoms with E-state index in [-0.39, 0.29) is 12.2 Å². The third-order valence-corrected chi connectivity index (χ3v) is 2.73. The highest BCUT2D eigenvalue weighted by molar-refractivity contribution is 5.25. The van der Waals surface area contributed by atoms with E-state index >= 15 is 0 Å². The predicted molar refractivity (Wildman–Crippen MR) is 56.7 cm³/mol. The first-order valence-corrected chi connectivity index (χ1v) is 5.17. The average molecular weight is 243 g/mol. The molecule has 2 atom stereocenters. The van der Waals surface area contributed by atoms with Crippen LogP contribution in [0, 0.1) is 17.5 Å². The maximum Gasteiger partial charge on any atom is 0.161 e. The van der Waals surface area contributed by atoms with Gasteiger partial charge < -0.3 is 10.5 Å². The van der Waals surface area contributed by atoms with Crippen LogP contribution in [0.4, 0.5) is 13.2 Å². The Hall–Kier alpha value is -1.33. The van der Waals surface area contributed by atoms with Crippen molar-refractivity contribution in [3.63, 3.8) is 0 Å². The lowest BCUT2D eigenvalue weighted by Gasteiger charge is -2.30. The van der Waals surface area contributed by atoms with Crippen molar-refractivity contribution in [3.05, 3.63) is 47.3 Å². The molecule has 2 N–H and O–H groups in total. The van der Waals surface area contributed by atoms with Gasteiger partial charge in [-0.15, -0.1) is 0 Å². The summed E-state index contributed by atoms with van der Waals surface area (Å²) in [5.41, 5.74) is 6.54. The fraction of sp³-hybridized carbons (Fsp3) is 0.333. The number of nitrogens with two attached hydrogens (primary N) is 1. The molecule has 0 aliphatic carbocycles. The lowest BCUT2D eigenvalue weighted by atomic mass is 9.94. The van der Waals surface area contributed by atoms with E-state index in [4.69, 9.17) is 10.5 Å². The minimum atomic E-state index is -1.22. The monoisotopic (exact) mass is 243 g/mol. The lowest BCUT2D eigenvalue weighted by Crippen LogP contribution is -2.36. The van der Waals surface area contributed by atoms with Gasteiger partial charge in [-0.05, 0) is 12.5 Å². The van der Waals surface area contributed by atoms with Crippen molar-refractivity contribution in [3.8, 4) is 0 Å². The average Bonchev–Trinajstić information content (AvgIpc) is 2.24. The quantitative estimate of drug-likeness (QED) is 0.607. The Bertz CT molecular complexity index is 461. The van der Waals surface area contributed by atoms with Gasteiger partial charge in [0.1, 0.15) is 11.9 Å². The van der Waals surface area contributed by atoms with E-state index in [0.29, 0.717) is 12.5 Å². The SMILES string of the molecule is C=C1CO[C@H](c2cc(F)c(F)cc2F)[C@@H](N)C1. The smallest absolute Gasteiger partial charge is 0.161 e. The van der Waals surface area contributed by atoms with Crippen LogP contribution in [-0.2, 0) is 4.74 Å². The van der Waals surface area contributed by atoms with E-state index in [9.17, 15) is 13.2 Å². The van der Waals surface area contributed by atoms with E-state index in [2.05, 4.69) is 6.58 Å². The first-order valence-electron chi connectivity index (χ1n) is 5.17. The molecule has 2 rings (SSSR count). The zero-order valence-corrected chi connectivity index (χ0v) is 9.05. The van der Waals surface area contributed by atoms with E-state index in [1.54, 1.807) is 0 Å². The molecule has 92 valence electrons. The summed E-state index contributed by atoms with van der Waals surface area (Å²) in [7, 11) is 0. The van der Waals surface area contributed by atoms with Gasteiger partial charge in [0.05, 0.1) is 6.61 Å². The minimum Gasteiger partial charge on any atom is -0.367 e. The van der Waals surface area contributed by atoms with Crippen molar-refractivity contribution < 1.29 is 17.9 Å². The van der Waals surface area contributed by atoms with Crippen LogP contribution >= 0.6 is 0 Å². The van der Waals surface area contributed by atoms with Crippen molar-refractivity contribution in [1.29, 1.82) is 0 Å². The molecular weight excluding hydrogens is 231 g/mol. The molecule has 0 spiro atoms. The minimum absolute atomic E-state index is 0.0519. The molecule has 0 radical (unpaired) electrons. The van der Waals surface area contributed by atoms with Crippen LogP contribution in [0.1, 0.15) is 18.1 Å². The molecule has 0 bridgehead atoms. The number of hydrogen-bond acceptors (Lipinski definition) is 2. The Balaban J connectivity index is 2.34. The number of hydrogen-bond donors (Lipinski definition) is 1. The maximum atomic E-state index is 13.5. The van der Waals surface area contributed by atoms with Gasteiger partial charge in [-0.1, -0.05) is 12.2 Å². The molecule has 0 amide bonds. The summed E-state index contributed by atoms with van der Waals surface area (Å²) in [6, 6.07) is 0.795. The maximum absolute atomic E-state index is 13.5. The summed E-state index contributed by atoms with van der Waals surface area (Å²) >= 11 is 0. The van der Waals surface area contributed by atoms with Crippen LogP contribution in [0.3, 0.4) is 0 Å². The van der Waals surface area contributed by atoms with Crippen molar-refractivity contribution >= 4 is 0 Å². The first-order chi connectivity index (χ1) is 7.99. The summed E-state index contributed by atoms with van der Waals surface area (Å²) in [5.74, 6) is -3.18. The standard InChI is InChI=1S/C12H12F3NO/c1-6-2-11(16)12(17-5-6)7-3-9(14)10(15)4-8(7)13/h3-4,11-12H,1-2,5,16H2/t11-,12+/m0/s1. The summed E-state index contributed by atoms with van der Waals surface area (Å²) < 4.78 is 44.7. The van der Waals surface area contributed by atoms with Gasteiger partial charge in [0.15, 0.2) is 11.6 Å². The van der Waals surface area contributed by atoms with Crippen LogP contribution in [0.25, 0.3) is 0 Å². The fourth-order valence-electron chi connectivity index (χ4n) is 1.91. The predicted octanol–water partition coefficient (Wildman–Crippen LogP) is 2.45. The zero-order valence-electron chi connectivity index (χ0n) is 9.05.